The lowest BCUT2D eigenvalue weighted by molar-refractivity contribution is -0.152. The Kier molecular flexibility index (Phi) is 4.95. The van der Waals surface area contributed by atoms with Crippen LogP contribution in [0.5, 0.6) is 0 Å². The molecule has 4 heteroatoms. The predicted octanol–water partition coefficient (Wildman–Crippen LogP) is 1.66. The summed E-state index contributed by atoms with van der Waals surface area (Å²) in [4.78, 5) is 15.9. The van der Waals surface area contributed by atoms with Crippen molar-refractivity contribution < 1.29 is 9.90 Å². The SMILES string of the molecule is CCCC(C)(C(=O)O)N1CCCC1CN(C)C. The summed E-state index contributed by atoms with van der Waals surface area (Å²) in [7, 11) is 4.10. The normalized spacial score (nSPS) is 25.1. The van der Waals surface area contributed by atoms with E-state index in [2.05, 4.69) is 30.8 Å². The third kappa shape index (κ3) is 3.19. The Morgan fingerprint density at radius 2 is 2.18 bits per heavy atom. The van der Waals surface area contributed by atoms with Gasteiger partial charge >= 0.3 is 5.97 Å². The second kappa shape index (κ2) is 5.83. The minimum absolute atomic E-state index is 0.387. The van der Waals surface area contributed by atoms with Crippen LogP contribution >= 0.6 is 0 Å². The highest BCUT2D eigenvalue weighted by molar-refractivity contribution is 5.78. The Labute approximate surface area is 105 Å². The second-order valence-corrected chi connectivity index (χ2v) is 5.58. The molecule has 0 aliphatic carbocycles. The predicted molar refractivity (Wildman–Crippen MR) is 69.2 cm³/mol. The maximum Gasteiger partial charge on any atom is 0.323 e. The van der Waals surface area contributed by atoms with Gasteiger partial charge in [0.2, 0.25) is 0 Å². The van der Waals surface area contributed by atoms with E-state index in [1.54, 1.807) is 0 Å². The number of aliphatic carboxylic acids is 1. The molecule has 2 unspecified atom stereocenters. The van der Waals surface area contributed by atoms with Gasteiger partial charge < -0.3 is 10.0 Å². The van der Waals surface area contributed by atoms with Crippen LogP contribution in [0.3, 0.4) is 0 Å². The average molecular weight is 242 g/mol. The molecule has 0 aromatic carbocycles. The maximum atomic E-state index is 11.6. The van der Waals surface area contributed by atoms with Crippen LogP contribution in [0.2, 0.25) is 0 Å². The summed E-state index contributed by atoms with van der Waals surface area (Å²) in [5.74, 6) is -0.676. The van der Waals surface area contributed by atoms with Crippen LogP contribution in [0.1, 0.15) is 39.5 Å². The lowest BCUT2D eigenvalue weighted by atomic mass is 9.93. The van der Waals surface area contributed by atoms with E-state index in [1.807, 2.05) is 6.92 Å². The first kappa shape index (κ1) is 14.5. The zero-order valence-electron chi connectivity index (χ0n) is 11.6. The molecule has 0 amide bonds. The number of carboxylic acids is 1. The van der Waals surface area contributed by atoms with E-state index >= 15 is 0 Å². The van der Waals surface area contributed by atoms with Crippen LogP contribution in [0.4, 0.5) is 0 Å². The van der Waals surface area contributed by atoms with Gasteiger partial charge in [-0.15, -0.1) is 0 Å². The number of rotatable bonds is 6. The fourth-order valence-electron chi connectivity index (χ4n) is 2.96. The molecule has 0 spiro atoms. The third-order valence-electron chi connectivity index (χ3n) is 3.78. The molecule has 1 aliphatic heterocycles. The van der Waals surface area contributed by atoms with Crippen LogP contribution in [0, 0.1) is 0 Å². The summed E-state index contributed by atoms with van der Waals surface area (Å²) in [6.07, 6.45) is 3.87. The maximum absolute atomic E-state index is 11.6. The van der Waals surface area contributed by atoms with Crippen molar-refractivity contribution in [2.75, 3.05) is 27.2 Å². The molecule has 1 saturated heterocycles. The largest absolute Gasteiger partial charge is 0.480 e. The van der Waals surface area contributed by atoms with Gasteiger partial charge in [0.15, 0.2) is 0 Å². The molecule has 1 heterocycles. The Balaban J connectivity index is 2.82. The van der Waals surface area contributed by atoms with Crippen molar-refractivity contribution in [1.82, 2.24) is 9.80 Å². The Morgan fingerprint density at radius 3 is 2.65 bits per heavy atom. The summed E-state index contributed by atoms with van der Waals surface area (Å²) < 4.78 is 0. The number of carboxylic acid groups (broad SMARTS) is 1. The van der Waals surface area contributed by atoms with Crippen molar-refractivity contribution in [2.24, 2.45) is 0 Å². The van der Waals surface area contributed by atoms with Crippen molar-refractivity contribution in [3.8, 4) is 0 Å². The van der Waals surface area contributed by atoms with Gasteiger partial charge in [-0.2, -0.15) is 0 Å². The molecule has 0 aromatic rings. The van der Waals surface area contributed by atoms with Gasteiger partial charge in [0.05, 0.1) is 0 Å². The van der Waals surface area contributed by atoms with Crippen LogP contribution in [0.15, 0.2) is 0 Å². The number of nitrogens with zero attached hydrogens (tertiary/aromatic N) is 2. The lowest BCUT2D eigenvalue weighted by Gasteiger charge is -2.40. The van der Waals surface area contributed by atoms with E-state index in [1.165, 1.54) is 0 Å². The van der Waals surface area contributed by atoms with Crippen molar-refractivity contribution in [2.45, 2.75) is 51.1 Å². The molecule has 1 aliphatic rings. The third-order valence-corrected chi connectivity index (χ3v) is 3.78. The molecule has 1 rings (SSSR count). The highest BCUT2D eigenvalue weighted by Gasteiger charge is 2.44. The lowest BCUT2D eigenvalue weighted by Crippen LogP contribution is -2.56. The van der Waals surface area contributed by atoms with E-state index in [-0.39, 0.29) is 0 Å². The van der Waals surface area contributed by atoms with Gasteiger partial charge in [-0.25, -0.2) is 0 Å². The summed E-state index contributed by atoms with van der Waals surface area (Å²) in [6.45, 7) is 5.80. The molecule has 2 atom stereocenters. The molecule has 17 heavy (non-hydrogen) atoms. The van der Waals surface area contributed by atoms with Crippen molar-refractivity contribution in [3.63, 3.8) is 0 Å². The first-order chi connectivity index (χ1) is 7.91. The van der Waals surface area contributed by atoms with Crippen molar-refractivity contribution in [1.29, 1.82) is 0 Å². The van der Waals surface area contributed by atoms with Crippen LogP contribution in [0.25, 0.3) is 0 Å². The molecule has 0 bridgehead atoms. The van der Waals surface area contributed by atoms with Crippen LogP contribution in [-0.2, 0) is 4.79 Å². The number of carbonyl (C=O) groups is 1. The van der Waals surface area contributed by atoms with E-state index in [0.717, 1.165) is 38.8 Å². The average Bonchev–Trinajstić information content (AvgIpc) is 2.65. The summed E-state index contributed by atoms with van der Waals surface area (Å²) in [6, 6.07) is 0.387. The molecular weight excluding hydrogens is 216 g/mol. The minimum atomic E-state index is -0.689. The smallest absolute Gasteiger partial charge is 0.323 e. The van der Waals surface area contributed by atoms with Crippen molar-refractivity contribution >= 4 is 5.97 Å². The van der Waals surface area contributed by atoms with Gasteiger partial charge in [0.25, 0.3) is 0 Å². The molecule has 1 fully saturated rings. The van der Waals surface area contributed by atoms with Crippen molar-refractivity contribution in [3.05, 3.63) is 0 Å². The van der Waals surface area contributed by atoms with E-state index in [4.69, 9.17) is 0 Å². The van der Waals surface area contributed by atoms with Gasteiger partial charge in [-0.1, -0.05) is 13.3 Å². The fourth-order valence-corrected chi connectivity index (χ4v) is 2.96. The highest BCUT2D eigenvalue weighted by Crippen LogP contribution is 2.30. The number of likely N-dealkylation sites (tertiary alicyclic amines) is 1. The van der Waals surface area contributed by atoms with Gasteiger partial charge in [0, 0.05) is 12.6 Å². The molecule has 4 nitrogen and oxygen atoms in total. The van der Waals surface area contributed by atoms with E-state index < -0.39 is 11.5 Å². The zero-order valence-corrected chi connectivity index (χ0v) is 11.6. The van der Waals surface area contributed by atoms with Gasteiger partial charge in [0.1, 0.15) is 5.54 Å². The quantitative estimate of drug-likeness (QED) is 0.769. The molecule has 0 aromatic heterocycles. The van der Waals surface area contributed by atoms with Crippen LogP contribution < -0.4 is 0 Å². The van der Waals surface area contributed by atoms with Crippen LogP contribution in [-0.4, -0.2) is 59.6 Å². The zero-order chi connectivity index (χ0) is 13.1. The molecular formula is C13H26N2O2. The first-order valence-corrected chi connectivity index (χ1v) is 6.56. The Hall–Kier alpha value is -0.610. The van der Waals surface area contributed by atoms with E-state index in [9.17, 15) is 9.90 Å². The number of hydrogen-bond donors (Lipinski definition) is 1. The molecule has 0 radical (unpaired) electrons. The van der Waals surface area contributed by atoms with E-state index in [0.29, 0.717) is 6.04 Å². The van der Waals surface area contributed by atoms with Gasteiger partial charge in [-0.05, 0) is 46.8 Å². The first-order valence-electron chi connectivity index (χ1n) is 6.56. The molecule has 1 N–H and O–H groups in total. The summed E-state index contributed by atoms with van der Waals surface area (Å²) >= 11 is 0. The summed E-state index contributed by atoms with van der Waals surface area (Å²) in [5, 5.41) is 9.52. The highest BCUT2D eigenvalue weighted by atomic mass is 16.4. The second-order valence-electron chi connectivity index (χ2n) is 5.58. The molecule has 0 saturated carbocycles. The minimum Gasteiger partial charge on any atom is -0.480 e. The topological polar surface area (TPSA) is 43.8 Å². The standard InChI is InChI=1S/C13H26N2O2/c1-5-8-13(2,12(16)17)15-9-6-7-11(15)10-14(3)4/h11H,5-10H2,1-4H3,(H,16,17). The monoisotopic (exact) mass is 242 g/mol. The number of likely N-dealkylation sites (N-methyl/N-ethyl adjacent to an activating group) is 1. The fraction of sp³-hybridized carbons (Fsp3) is 0.923. The molecule has 100 valence electrons. The number of hydrogen-bond acceptors (Lipinski definition) is 3. The Morgan fingerprint density at radius 1 is 1.53 bits per heavy atom. The van der Waals surface area contributed by atoms with Gasteiger partial charge in [-0.3, -0.25) is 9.69 Å². The summed E-state index contributed by atoms with van der Waals surface area (Å²) in [5.41, 5.74) is -0.689. The Bertz CT molecular complexity index is 268.